The summed E-state index contributed by atoms with van der Waals surface area (Å²) in [5.74, 6) is 4.31. The molecule has 0 amide bonds. The minimum atomic E-state index is 0. The Morgan fingerprint density at radius 2 is 1.36 bits per heavy atom. The van der Waals surface area contributed by atoms with Gasteiger partial charge in [0.05, 0.1) is 0 Å². The SMILES string of the molecule is [Ni].c1cc[cH-]c1.c1cc[pH]c1. The van der Waals surface area contributed by atoms with Gasteiger partial charge in [-0.1, -0.05) is 12.1 Å². The van der Waals surface area contributed by atoms with Crippen LogP contribution in [-0.2, 0) is 16.5 Å². The first-order chi connectivity index (χ1) is 5.00. The first kappa shape index (κ1) is 10.6. The molecule has 0 unspecified atom stereocenters. The number of hydrogen-bond acceptors (Lipinski definition) is 0. The fraction of sp³-hybridized carbons (Fsp3) is 0. The Morgan fingerprint density at radius 3 is 1.55 bits per heavy atom. The van der Waals surface area contributed by atoms with E-state index in [4.69, 9.17) is 0 Å². The molecule has 0 nitrogen and oxygen atoms in total. The normalized spacial score (nSPS) is 7.27. The molecule has 1 aromatic carbocycles. The largest absolute Gasteiger partial charge is 0.214 e. The van der Waals surface area contributed by atoms with Crippen LogP contribution < -0.4 is 0 Å². The second-order valence-electron chi connectivity index (χ2n) is 1.85. The van der Waals surface area contributed by atoms with E-state index in [1.165, 1.54) is 0 Å². The Morgan fingerprint density at radius 1 is 0.818 bits per heavy atom. The minimum Gasteiger partial charge on any atom is -0.214 e. The van der Waals surface area contributed by atoms with Gasteiger partial charge in [-0.25, -0.2) is 12.1 Å². The maximum Gasteiger partial charge on any atom is 0 e. The molecular formula is C9H10NiP-. The van der Waals surface area contributed by atoms with Crippen molar-refractivity contribution < 1.29 is 16.5 Å². The quantitative estimate of drug-likeness (QED) is 0.460. The van der Waals surface area contributed by atoms with E-state index in [1.807, 2.05) is 30.3 Å². The summed E-state index contributed by atoms with van der Waals surface area (Å²) in [7, 11) is 0.948. The van der Waals surface area contributed by atoms with Gasteiger partial charge in [-0.3, -0.25) is 0 Å². The van der Waals surface area contributed by atoms with Crippen molar-refractivity contribution in [2.24, 2.45) is 0 Å². The van der Waals surface area contributed by atoms with Crippen LogP contribution in [0.3, 0.4) is 0 Å². The van der Waals surface area contributed by atoms with E-state index >= 15 is 0 Å². The third kappa shape index (κ3) is 6.04. The van der Waals surface area contributed by atoms with E-state index in [2.05, 4.69) is 23.7 Å². The van der Waals surface area contributed by atoms with Gasteiger partial charge < -0.3 is 0 Å². The maximum absolute atomic E-state index is 2.15. The summed E-state index contributed by atoms with van der Waals surface area (Å²) in [5, 5.41) is 0. The predicted molar refractivity (Wildman–Crippen MR) is 48.0 cm³/mol. The van der Waals surface area contributed by atoms with Gasteiger partial charge in [0.15, 0.2) is 0 Å². The average Bonchev–Trinajstić information content (AvgIpc) is 2.67. The van der Waals surface area contributed by atoms with Crippen LogP contribution in [0.25, 0.3) is 0 Å². The van der Waals surface area contributed by atoms with Crippen LogP contribution in [0.4, 0.5) is 0 Å². The summed E-state index contributed by atoms with van der Waals surface area (Å²) in [5.41, 5.74) is 0. The molecule has 1 heterocycles. The molecule has 0 aliphatic heterocycles. The van der Waals surface area contributed by atoms with Crippen molar-refractivity contribution in [2.45, 2.75) is 0 Å². The smallest absolute Gasteiger partial charge is 0 e. The Kier molecular flexibility index (Phi) is 7.46. The minimum absolute atomic E-state index is 0. The van der Waals surface area contributed by atoms with Gasteiger partial charge in [0.1, 0.15) is 0 Å². The van der Waals surface area contributed by atoms with Crippen LogP contribution in [0.2, 0.25) is 0 Å². The van der Waals surface area contributed by atoms with Crippen molar-refractivity contribution >= 4 is 8.19 Å². The summed E-state index contributed by atoms with van der Waals surface area (Å²) < 4.78 is 0. The van der Waals surface area contributed by atoms with Gasteiger partial charge in [-0.05, 0) is 11.6 Å². The fourth-order valence-electron chi connectivity index (χ4n) is 0.599. The topological polar surface area (TPSA) is 0 Å². The van der Waals surface area contributed by atoms with Crippen molar-refractivity contribution in [3.8, 4) is 0 Å². The summed E-state index contributed by atoms with van der Waals surface area (Å²) in [6.45, 7) is 0. The molecule has 0 saturated carbocycles. The van der Waals surface area contributed by atoms with Crippen molar-refractivity contribution in [3.63, 3.8) is 0 Å². The second kappa shape index (κ2) is 7.73. The van der Waals surface area contributed by atoms with E-state index in [9.17, 15) is 0 Å². The zero-order chi connectivity index (χ0) is 7.07. The molecule has 2 rings (SSSR count). The second-order valence-corrected chi connectivity index (χ2v) is 2.85. The summed E-state index contributed by atoms with van der Waals surface area (Å²) in [6, 6.07) is 14.1. The number of hydrogen-bond donors (Lipinski definition) is 0. The first-order valence-electron chi connectivity index (χ1n) is 3.24. The molecule has 0 spiro atoms. The van der Waals surface area contributed by atoms with Crippen LogP contribution in [0.15, 0.2) is 54.1 Å². The van der Waals surface area contributed by atoms with Crippen molar-refractivity contribution in [1.82, 2.24) is 0 Å². The number of rotatable bonds is 0. The molecule has 0 saturated heterocycles. The summed E-state index contributed by atoms with van der Waals surface area (Å²) in [6.07, 6.45) is 0. The van der Waals surface area contributed by atoms with Crippen molar-refractivity contribution in [2.75, 3.05) is 0 Å². The molecule has 0 bridgehead atoms. The van der Waals surface area contributed by atoms with Gasteiger partial charge >= 0.3 is 0 Å². The van der Waals surface area contributed by atoms with E-state index in [0.29, 0.717) is 0 Å². The third-order valence-corrected chi connectivity index (χ3v) is 1.82. The van der Waals surface area contributed by atoms with Crippen LogP contribution >= 0.6 is 8.19 Å². The Labute approximate surface area is 79.0 Å². The van der Waals surface area contributed by atoms with Gasteiger partial charge in [-0.2, -0.15) is 18.2 Å². The fourth-order valence-corrected chi connectivity index (χ4v) is 1.15. The Hall–Kier alpha value is -0.376. The molecule has 0 aliphatic rings. The Balaban J connectivity index is 0.000000167. The van der Waals surface area contributed by atoms with Crippen LogP contribution in [-0.4, -0.2) is 0 Å². The van der Waals surface area contributed by atoms with E-state index in [1.54, 1.807) is 0 Å². The summed E-state index contributed by atoms with van der Waals surface area (Å²) >= 11 is 0. The average molecular weight is 208 g/mol. The van der Waals surface area contributed by atoms with Crippen molar-refractivity contribution in [1.29, 1.82) is 0 Å². The zero-order valence-corrected chi connectivity index (χ0v) is 8.00. The van der Waals surface area contributed by atoms with Gasteiger partial charge in [0.2, 0.25) is 0 Å². The van der Waals surface area contributed by atoms with E-state index < -0.39 is 0 Å². The van der Waals surface area contributed by atoms with Crippen molar-refractivity contribution in [3.05, 3.63) is 54.1 Å². The van der Waals surface area contributed by atoms with Crippen LogP contribution in [0.1, 0.15) is 0 Å². The monoisotopic (exact) mass is 207 g/mol. The molecule has 1 aromatic heterocycles. The molecule has 0 N–H and O–H groups in total. The molecule has 2 heteroatoms. The van der Waals surface area contributed by atoms with E-state index in [-0.39, 0.29) is 16.5 Å². The summed E-state index contributed by atoms with van der Waals surface area (Å²) in [4.78, 5) is 0. The molecule has 11 heavy (non-hydrogen) atoms. The van der Waals surface area contributed by atoms with Crippen LogP contribution in [0.5, 0.6) is 0 Å². The van der Waals surface area contributed by atoms with Gasteiger partial charge in [-0.15, -0.1) is 8.19 Å². The van der Waals surface area contributed by atoms with Gasteiger partial charge in [0.25, 0.3) is 0 Å². The Bertz CT molecular complexity index is 149. The standard InChI is InChI=1S/C5H5.C4H5P.Ni/c2*1-2-4-5-3-1;/h2*1-5H;/q-1;;. The molecule has 0 fully saturated rings. The zero-order valence-electron chi connectivity index (χ0n) is 6.01. The van der Waals surface area contributed by atoms with Gasteiger partial charge in [0, 0.05) is 16.5 Å². The molecule has 0 aliphatic carbocycles. The molecule has 2 aromatic rings. The molecule has 0 atom stereocenters. The molecule has 62 valence electrons. The maximum atomic E-state index is 2.15. The predicted octanol–water partition coefficient (Wildman–Crippen LogP) is 3.12. The first-order valence-corrected chi connectivity index (χ1v) is 4.40. The molecular weight excluding hydrogens is 198 g/mol. The molecule has 0 radical (unpaired) electrons. The van der Waals surface area contributed by atoms with E-state index in [0.717, 1.165) is 8.19 Å². The third-order valence-electron chi connectivity index (χ3n) is 1.05. The van der Waals surface area contributed by atoms with Crippen LogP contribution in [0, 0.1) is 0 Å².